The molecule has 0 aliphatic carbocycles. The lowest BCUT2D eigenvalue weighted by Gasteiger charge is -2.45. The van der Waals surface area contributed by atoms with Gasteiger partial charge in [-0.05, 0) is 19.3 Å². The molecule has 0 aromatic rings. The second kappa shape index (κ2) is 5.42. The highest BCUT2D eigenvalue weighted by atomic mass is 16.4. The third-order valence-electron chi connectivity index (χ3n) is 3.76. The Balaban J connectivity index is 2.82. The van der Waals surface area contributed by atoms with Crippen molar-refractivity contribution >= 4 is 17.8 Å². The number of nitrogens with zero attached hydrogens (tertiary/aromatic N) is 2. The average molecular weight is 284 g/mol. The molecule has 0 aromatic carbocycles. The lowest BCUT2D eigenvalue weighted by Crippen LogP contribution is -2.63. The van der Waals surface area contributed by atoms with Crippen LogP contribution < -0.4 is 0 Å². The van der Waals surface area contributed by atoms with Crippen LogP contribution in [0.15, 0.2) is 0 Å². The van der Waals surface area contributed by atoms with E-state index in [1.54, 1.807) is 44.5 Å². The van der Waals surface area contributed by atoms with Crippen LogP contribution in [0.1, 0.15) is 40.5 Å². The number of hydrogen-bond acceptors (Lipinski definition) is 3. The Morgan fingerprint density at radius 1 is 1.25 bits per heavy atom. The largest absolute Gasteiger partial charge is 0.481 e. The van der Waals surface area contributed by atoms with Gasteiger partial charge in [-0.25, -0.2) is 0 Å². The number of carboxylic acid groups (broad SMARTS) is 1. The zero-order valence-electron chi connectivity index (χ0n) is 12.9. The lowest BCUT2D eigenvalue weighted by molar-refractivity contribution is -0.158. The maximum Gasteiger partial charge on any atom is 0.303 e. The van der Waals surface area contributed by atoms with E-state index in [0.717, 1.165) is 0 Å². The van der Waals surface area contributed by atoms with Gasteiger partial charge in [0.05, 0.1) is 6.42 Å². The molecule has 2 amide bonds. The number of carbonyl (C=O) groups is 3. The number of aliphatic carboxylic acids is 1. The number of carboxylic acids is 1. The number of hydrogen-bond donors (Lipinski definition) is 1. The van der Waals surface area contributed by atoms with E-state index in [4.69, 9.17) is 5.11 Å². The minimum absolute atomic E-state index is 0.0686. The zero-order valence-corrected chi connectivity index (χ0v) is 12.9. The van der Waals surface area contributed by atoms with Gasteiger partial charge in [0.15, 0.2) is 0 Å². The molecule has 1 aliphatic rings. The molecule has 1 saturated heterocycles. The highest BCUT2D eigenvalue weighted by molar-refractivity contribution is 5.92. The first-order chi connectivity index (χ1) is 8.97. The Bertz CT molecular complexity index is 429. The Kier molecular flexibility index (Phi) is 4.46. The summed E-state index contributed by atoms with van der Waals surface area (Å²) in [6.07, 6.45) is 0.0561. The van der Waals surface area contributed by atoms with E-state index in [1.807, 2.05) is 0 Å². The Morgan fingerprint density at radius 3 is 2.30 bits per heavy atom. The zero-order chi connectivity index (χ0) is 15.7. The summed E-state index contributed by atoms with van der Waals surface area (Å²) in [5.41, 5.74) is -1.49. The summed E-state index contributed by atoms with van der Waals surface area (Å²) in [5, 5.41) is 8.87. The van der Waals surface area contributed by atoms with Gasteiger partial charge in [-0.3, -0.25) is 14.4 Å². The van der Waals surface area contributed by atoms with E-state index >= 15 is 0 Å². The number of piperazine rings is 1. The van der Waals surface area contributed by atoms with E-state index in [9.17, 15) is 14.4 Å². The molecule has 6 nitrogen and oxygen atoms in total. The number of amides is 2. The van der Waals surface area contributed by atoms with E-state index < -0.39 is 16.9 Å². The van der Waals surface area contributed by atoms with Crippen molar-refractivity contribution in [2.75, 3.05) is 20.1 Å². The van der Waals surface area contributed by atoms with Gasteiger partial charge >= 0.3 is 5.97 Å². The van der Waals surface area contributed by atoms with Gasteiger partial charge in [-0.1, -0.05) is 13.8 Å². The Hall–Kier alpha value is -1.59. The summed E-state index contributed by atoms with van der Waals surface area (Å²) in [6, 6.07) is 0. The smallest absolute Gasteiger partial charge is 0.303 e. The summed E-state index contributed by atoms with van der Waals surface area (Å²) >= 11 is 0. The molecule has 0 saturated carbocycles. The van der Waals surface area contributed by atoms with Crippen LogP contribution in [0, 0.1) is 5.41 Å². The Morgan fingerprint density at radius 2 is 1.80 bits per heavy atom. The maximum atomic E-state index is 12.4. The predicted octanol–water partition coefficient (Wildman–Crippen LogP) is 0.957. The quantitative estimate of drug-likeness (QED) is 0.834. The van der Waals surface area contributed by atoms with Gasteiger partial charge < -0.3 is 14.9 Å². The number of rotatable bonds is 4. The van der Waals surface area contributed by atoms with E-state index in [2.05, 4.69) is 0 Å². The summed E-state index contributed by atoms with van der Waals surface area (Å²) in [4.78, 5) is 38.6. The second-order valence-corrected chi connectivity index (χ2v) is 6.74. The van der Waals surface area contributed by atoms with Crippen LogP contribution in [0.4, 0.5) is 0 Å². The van der Waals surface area contributed by atoms with Crippen LogP contribution in [0.3, 0.4) is 0 Å². The fourth-order valence-electron chi connectivity index (χ4n) is 2.63. The van der Waals surface area contributed by atoms with Crippen molar-refractivity contribution in [3.05, 3.63) is 0 Å². The standard InChI is InChI=1S/C14H24N2O4/c1-13(2,9-11(18)19)8-10(17)16-7-6-15(5)12(20)14(16,3)4/h6-9H2,1-5H3,(H,18,19). The summed E-state index contributed by atoms with van der Waals surface area (Å²) in [7, 11) is 1.72. The first-order valence-corrected chi connectivity index (χ1v) is 6.75. The first-order valence-electron chi connectivity index (χ1n) is 6.75. The molecule has 1 aliphatic heterocycles. The van der Waals surface area contributed by atoms with Crippen molar-refractivity contribution in [2.24, 2.45) is 5.41 Å². The average Bonchev–Trinajstić information content (AvgIpc) is 2.22. The molecular formula is C14H24N2O4. The van der Waals surface area contributed by atoms with Crippen molar-refractivity contribution in [3.63, 3.8) is 0 Å². The Labute approximate surface area is 119 Å². The molecule has 114 valence electrons. The van der Waals surface area contributed by atoms with Crippen molar-refractivity contribution in [1.29, 1.82) is 0 Å². The van der Waals surface area contributed by atoms with Crippen LogP contribution in [-0.2, 0) is 14.4 Å². The number of likely N-dealkylation sites (N-methyl/N-ethyl adjacent to an activating group) is 1. The molecule has 1 heterocycles. The third-order valence-corrected chi connectivity index (χ3v) is 3.76. The molecule has 1 N–H and O–H groups in total. The van der Waals surface area contributed by atoms with Crippen LogP contribution >= 0.6 is 0 Å². The van der Waals surface area contributed by atoms with E-state index in [0.29, 0.717) is 13.1 Å². The van der Waals surface area contributed by atoms with Gasteiger partial charge in [0.2, 0.25) is 11.8 Å². The molecule has 20 heavy (non-hydrogen) atoms. The van der Waals surface area contributed by atoms with Gasteiger partial charge in [0.25, 0.3) is 0 Å². The normalized spacial score (nSPS) is 19.1. The van der Waals surface area contributed by atoms with Gasteiger partial charge in [-0.2, -0.15) is 0 Å². The van der Waals surface area contributed by atoms with Gasteiger partial charge in [0.1, 0.15) is 5.54 Å². The van der Waals surface area contributed by atoms with Gasteiger partial charge in [-0.15, -0.1) is 0 Å². The number of carbonyl (C=O) groups excluding carboxylic acids is 2. The molecule has 1 rings (SSSR count). The minimum atomic E-state index is -0.920. The maximum absolute atomic E-state index is 12.4. The predicted molar refractivity (Wildman–Crippen MR) is 74.1 cm³/mol. The fourth-order valence-corrected chi connectivity index (χ4v) is 2.63. The summed E-state index contributed by atoms with van der Waals surface area (Å²) in [6.45, 7) is 7.96. The van der Waals surface area contributed by atoms with Gasteiger partial charge in [0, 0.05) is 26.6 Å². The fraction of sp³-hybridized carbons (Fsp3) is 0.786. The second-order valence-electron chi connectivity index (χ2n) is 6.74. The molecule has 0 bridgehead atoms. The lowest BCUT2D eigenvalue weighted by atomic mass is 9.84. The molecule has 0 aromatic heterocycles. The molecule has 1 fully saturated rings. The van der Waals surface area contributed by atoms with Crippen LogP contribution in [-0.4, -0.2) is 58.4 Å². The third kappa shape index (κ3) is 3.49. The monoisotopic (exact) mass is 284 g/mol. The van der Waals surface area contributed by atoms with Crippen LogP contribution in [0.5, 0.6) is 0 Å². The summed E-state index contributed by atoms with van der Waals surface area (Å²) < 4.78 is 0. The molecule has 0 atom stereocenters. The first kappa shape index (κ1) is 16.5. The molecule has 6 heteroatoms. The van der Waals surface area contributed by atoms with E-state index in [1.165, 1.54) is 0 Å². The van der Waals surface area contributed by atoms with Crippen molar-refractivity contribution in [1.82, 2.24) is 9.80 Å². The van der Waals surface area contributed by atoms with Crippen LogP contribution in [0.2, 0.25) is 0 Å². The molecule has 0 unspecified atom stereocenters. The van der Waals surface area contributed by atoms with E-state index in [-0.39, 0.29) is 24.7 Å². The molecule has 0 spiro atoms. The highest BCUT2D eigenvalue weighted by Gasteiger charge is 2.43. The van der Waals surface area contributed by atoms with Crippen molar-refractivity contribution in [3.8, 4) is 0 Å². The highest BCUT2D eigenvalue weighted by Crippen LogP contribution is 2.29. The van der Waals surface area contributed by atoms with Crippen LogP contribution in [0.25, 0.3) is 0 Å². The van der Waals surface area contributed by atoms with Crippen molar-refractivity contribution < 1.29 is 19.5 Å². The molecule has 0 radical (unpaired) electrons. The van der Waals surface area contributed by atoms with Crippen molar-refractivity contribution in [2.45, 2.75) is 46.1 Å². The topological polar surface area (TPSA) is 77.9 Å². The SMILES string of the molecule is CN1CCN(C(=O)CC(C)(C)CC(=O)O)C(C)(C)C1=O. The summed E-state index contributed by atoms with van der Waals surface area (Å²) in [5.74, 6) is -1.17. The minimum Gasteiger partial charge on any atom is -0.481 e. The molecular weight excluding hydrogens is 260 g/mol.